The van der Waals surface area contributed by atoms with E-state index >= 15 is 0 Å². The van der Waals surface area contributed by atoms with Gasteiger partial charge in [0, 0.05) is 84.1 Å². The third kappa shape index (κ3) is 10.5. The van der Waals surface area contributed by atoms with Crippen molar-refractivity contribution in [2.24, 2.45) is 0 Å². The van der Waals surface area contributed by atoms with Gasteiger partial charge in [0.05, 0.1) is 11.1 Å². The Labute approximate surface area is 235 Å². The second-order valence-corrected chi connectivity index (χ2v) is 13.2. The molecule has 226 valence electrons. The van der Waals surface area contributed by atoms with Gasteiger partial charge >= 0.3 is 6.09 Å². The predicted molar refractivity (Wildman–Crippen MR) is 154 cm³/mol. The maximum atomic E-state index is 13.5. The number of hydrogen-bond donors (Lipinski definition) is 4. The third-order valence-corrected chi connectivity index (χ3v) is 7.52. The minimum atomic E-state index is -0.792. The lowest BCUT2D eigenvalue weighted by Gasteiger charge is -2.47. The van der Waals surface area contributed by atoms with Crippen LogP contribution in [0.2, 0.25) is 0 Å². The molecule has 3 fully saturated rings. The van der Waals surface area contributed by atoms with Crippen molar-refractivity contribution in [3.63, 3.8) is 0 Å². The summed E-state index contributed by atoms with van der Waals surface area (Å²) in [6.45, 7) is 18.7. The van der Waals surface area contributed by atoms with Gasteiger partial charge in [0.1, 0.15) is 5.60 Å². The van der Waals surface area contributed by atoms with Crippen LogP contribution in [0.25, 0.3) is 0 Å². The van der Waals surface area contributed by atoms with E-state index in [1.165, 1.54) is 0 Å². The number of nitrogens with zero attached hydrogens (tertiary/aromatic N) is 4. The molecule has 3 aliphatic rings. The van der Waals surface area contributed by atoms with Crippen LogP contribution in [0, 0.1) is 0 Å². The molecule has 3 rings (SSSR count). The topological polar surface area (TPSA) is 122 Å². The summed E-state index contributed by atoms with van der Waals surface area (Å²) in [5, 5.41) is 13.7. The average Bonchev–Trinajstić information content (AvgIpc) is 2.82. The van der Waals surface area contributed by atoms with Crippen molar-refractivity contribution >= 4 is 18.9 Å². The molecule has 2 atom stereocenters. The molecule has 3 amide bonds. The van der Waals surface area contributed by atoms with Crippen molar-refractivity contribution < 1.29 is 19.1 Å². The van der Waals surface area contributed by atoms with Gasteiger partial charge in [0.2, 0.25) is 12.8 Å². The third-order valence-electron chi connectivity index (χ3n) is 7.52. The molecule has 3 aliphatic heterocycles. The highest BCUT2D eigenvalue weighted by Gasteiger charge is 2.40. The van der Waals surface area contributed by atoms with Crippen LogP contribution in [0.1, 0.15) is 41.5 Å². The van der Waals surface area contributed by atoms with Gasteiger partial charge in [0.15, 0.2) is 0 Å². The second-order valence-electron chi connectivity index (χ2n) is 13.2. The Bertz CT molecular complexity index is 802. The van der Waals surface area contributed by atoms with Crippen molar-refractivity contribution in [3.05, 3.63) is 0 Å². The van der Waals surface area contributed by atoms with Crippen molar-refractivity contribution in [3.8, 4) is 0 Å². The molecule has 3 heterocycles. The van der Waals surface area contributed by atoms with Crippen molar-refractivity contribution in [2.45, 2.75) is 63.8 Å². The van der Waals surface area contributed by atoms with Crippen LogP contribution in [0.4, 0.5) is 4.79 Å². The van der Waals surface area contributed by atoms with Gasteiger partial charge in [-0.05, 0) is 55.6 Å². The van der Waals surface area contributed by atoms with Gasteiger partial charge in [-0.25, -0.2) is 4.79 Å². The Morgan fingerprint density at radius 2 is 1.51 bits per heavy atom. The lowest BCUT2D eigenvalue weighted by Crippen LogP contribution is -2.69. The number of rotatable bonds is 4. The number of carbonyl (C=O) groups excluding carboxylic acids is 3. The molecule has 3 saturated heterocycles. The number of nitrogens with one attached hydrogen (secondary N) is 4. The molecule has 2 unspecified atom stereocenters. The molecule has 0 aliphatic carbocycles. The van der Waals surface area contributed by atoms with Crippen LogP contribution in [0.15, 0.2) is 0 Å². The summed E-state index contributed by atoms with van der Waals surface area (Å²) in [6.07, 6.45) is 1.12. The summed E-state index contributed by atoms with van der Waals surface area (Å²) in [7, 11) is 4.05. The molecule has 2 bridgehead atoms. The van der Waals surface area contributed by atoms with E-state index in [0.717, 1.165) is 32.5 Å². The number of hydrogen-bond acceptors (Lipinski definition) is 9. The molecule has 12 nitrogen and oxygen atoms in total. The fraction of sp³-hybridized carbons (Fsp3) is 0.889. The van der Waals surface area contributed by atoms with Crippen LogP contribution < -0.4 is 21.3 Å². The zero-order chi connectivity index (χ0) is 29.3. The predicted octanol–water partition coefficient (Wildman–Crippen LogP) is -0.636. The lowest BCUT2D eigenvalue weighted by atomic mass is 9.93. The number of ether oxygens (including phenoxy) is 1. The summed E-state index contributed by atoms with van der Waals surface area (Å²) in [5.74, 6) is 0. The Balaban J connectivity index is 2.65. The van der Waals surface area contributed by atoms with E-state index in [9.17, 15) is 14.4 Å². The van der Waals surface area contributed by atoms with Gasteiger partial charge in [-0.2, -0.15) is 0 Å². The maximum Gasteiger partial charge on any atom is 0.410 e. The van der Waals surface area contributed by atoms with Gasteiger partial charge in [-0.1, -0.05) is 0 Å². The average molecular weight is 555 g/mol. The number of likely N-dealkylation sites (N-methyl/N-ethyl adjacent to an activating group) is 2. The first-order valence-corrected chi connectivity index (χ1v) is 14.1. The molecule has 12 heteroatoms. The largest absolute Gasteiger partial charge is 0.444 e. The zero-order valence-electron chi connectivity index (χ0n) is 25.6. The molecule has 0 aromatic rings. The first kappa shape index (κ1) is 33.2. The van der Waals surface area contributed by atoms with E-state index in [1.807, 2.05) is 27.8 Å². The van der Waals surface area contributed by atoms with Crippen LogP contribution >= 0.6 is 0 Å². The monoisotopic (exact) mass is 554 g/mol. The van der Waals surface area contributed by atoms with Gasteiger partial charge < -0.3 is 40.7 Å². The first-order valence-electron chi connectivity index (χ1n) is 14.1. The first-order chi connectivity index (χ1) is 18.2. The summed E-state index contributed by atoms with van der Waals surface area (Å²) >= 11 is 0. The Hall–Kier alpha value is -1.99. The van der Waals surface area contributed by atoms with Crippen molar-refractivity contribution in [1.82, 2.24) is 40.9 Å². The van der Waals surface area contributed by atoms with Gasteiger partial charge in [-0.3, -0.25) is 14.5 Å². The van der Waals surface area contributed by atoms with Crippen LogP contribution in [0.5, 0.6) is 0 Å². The molecular formula is C27H54N8O4. The minimum Gasteiger partial charge on any atom is -0.444 e. The fourth-order valence-electron chi connectivity index (χ4n) is 5.31. The summed E-state index contributed by atoms with van der Waals surface area (Å²) < 4.78 is 5.79. The standard InChI is InChI=1S/C27H54N8O4/c1-24(2,3)35-14-11-32(8)17-26(28-7)15-29-9-10-30-16-27(20-35,31-21-36)19-34(13-12-33(18-26)22-37)23(38)39-25(4,5)6/h21-22,28-30H,9-20H2,1-8H3,(H,31,36). The molecular weight excluding hydrogens is 500 g/mol. The number of carbonyl (C=O) groups is 3. The Morgan fingerprint density at radius 3 is 2.05 bits per heavy atom. The smallest absolute Gasteiger partial charge is 0.410 e. The van der Waals surface area contributed by atoms with E-state index in [0.29, 0.717) is 45.8 Å². The van der Waals surface area contributed by atoms with Gasteiger partial charge in [-0.15, -0.1) is 0 Å². The number of amides is 3. The van der Waals surface area contributed by atoms with Crippen molar-refractivity contribution in [1.29, 1.82) is 0 Å². The maximum absolute atomic E-state index is 13.5. The van der Waals surface area contributed by atoms with E-state index in [-0.39, 0.29) is 18.6 Å². The minimum absolute atomic E-state index is 0.183. The Kier molecular flexibility index (Phi) is 12.0. The molecule has 4 N–H and O–H groups in total. The summed E-state index contributed by atoms with van der Waals surface area (Å²) in [4.78, 5) is 45.9. The highest BCUT2D eigenvalue weighted by molar-refractivity contribution is 5.68. The highest BCUT2D eigenvalue weighted by Crippen LogP contribution is 2.21. The highest BCUT2D eigenvalue weighted by atomic mass is 16.6. The molecule has 0 radical (unpaired) electrons. The van der Waals surface area contributed by atoms with Crippen molar-refractivity contribution in [2.75, 3.05) is 92.6 Å². The van der Waals surface area contributed by atoms with E-state index in [2.05, 4.69) is 58.9 Å². The van der Waals surface area contributed by atoms with Crippen LogP contribution in [0.3, 0.4) is 0 Å². The van der Waals surface area contributed by atoms with E-state index in [1.54, 1.807) is 9.80 Å². The molecule has 0 saturated carbocycles. The van der Waals surface area contributed by atoms with E-state index in [4.69, 9.17) is 4.74 Å². The summed E-state index contributed by atoms with van der Waals surface area (Å²) in [5.41, 5.74) is -2.05. The fourth-order valence-corrected chi connectivity index (χ4v) is 5.31. The quantitative estimate of drug-likeness (QED) is 0.337. The molecule has 0 aromatic heterocycles. The van der Waals surface area contributed by atoms with Gasteiger partial charge in [0.25, 0.3) is 0 Å². The number of fused-ring (bicyclic) bond motifs is 15. The Morgan fingerprint density at radius 1 is 0.872 bits per heavy atom. The van der Waals surface area contributed by atoms with Crippen LogP contribution in [-0.4, -0.2) is 153 Å². The molecule has 39 heavy (non-hydrogen) atoms. The summed E-state index contributed by atoms with van der Waals surface area (Å²) in [6, 6.07) is 0. The molecule has 0 spiro atoms. The SMILES string of the molecule is CNC12CNCCNCC(NC=O)(CN(C(=O)OC(C)(C)C)CCN(C=O)C1)CN(C(C)(C)C)CCN(C)C2. The second kappa shape index (κ2) is 14.1. The van der Waals surface area contributed by atoms with Crippen LogP contribution in [-0.2, 0) is 14.3 Å². The molecule has 0 aromatic carbocycles. The van der Waals surface area contributed by atoms with E-state index < -0.39 is 22.8 Å². The normalized spacial score (nSPS) is 27.9. The lowest BCUT2D eigenvalue weighted by molar-refractivity contribution is -0.119. The zero-order valence-corrected chi connectivity index (χ0v) is 25.6.